The maximum Gasteiger partial charge on any atom is 0.242 e. The lowest BCUT2D eigenvalue weighted by molar-refractivity contribution is -0.119. The van der Waals surface area contributed by atoms with Crippen molar-refractivity contribution in [2.24, 2.45) is 7.05 Å². The third kappa shape index (κ3) is 4.51. The maximum absolute atomic E-state index is 11.8. The maximum atomic E-state index is 11.8. The Labute approximate surface area is 195 Å². The van der Waals surface area contributed by atoms with E-state index in [1.807, 2.05) is 49.5 Å². The highest BCUT2D eigenvalue weighted by atomic mass is 35.5. The number of nitrogens with zero attached hydrogens (tertiary/aromatic N) is 4. The number of benzene rings is 2. The predicted molar refractivity (Wildman–Crippen MR) is 126 cm³/mol. The number of aromatic nitrogens is 4. The van der Waals surface area contributed by atoms with Gasteiger partial charge in [-0.25, -0.2) is 9.97 Å². The van der Waals surface area contributed by atoms with Crippen LogP contribution in [-0.4, -0.2) is 38.2 Å². The molecule has 1 fully saturated rings. The van der Waals surface area contributed by atoms with E-state index >= 15 is 0 Å². The molecule has 4 aromatic rings. The summed E-state index contributed by atoms with van der Waals surface area (Å²) in [4.78, 5) is 20.7. The number of anilines is 1. The van der Waals surface area contributed by atoms with Gasteiger partial charge in [0.15, 0.2) is 5.82 Å². The Morgan fingerprint density at radius 1 is 1.12 bits per heavy atom. The minimum Gasteiger partial charge on any atom is -0.457 e. The van der Waals surface area contributed by atoms with E-state index < -0.39 is 0 Å². The second-order valence-corrected chi connectivity index (χ2v) is 8.09. The highest BCUT2D eigenvalue weighted by Crippen LogP contribution is 2.35. The lowest BCUT2D eigenvalue weighted by atomic mass is 10.1. The van der Waals surface area contributed by atoms with E-state index in [1.165, 1.54) is 0 Å². The van der Waals surface area contributed by atoms with Gasteiger partial charge in [0.1, 0.15) is 23.4 Å². The van der Waals surface area contributed by atoms with Crippen molar-refractivity contribution in [1.82, 2.24) is 25.1 Å². The van der Waals surface area contributed by atoms with Gasteiger partial charge in [0.05, 0.1) is 5.69 Å². The summed E-state index contributed by atoms with van der Waals surface area (Å²) in [6.07, 6.45) is 4.14. The van der Waals surface area contributed by atoms with E-state index in [4.69, 9.17) is 16.3 Å². The third-order valence-electron chi connectivity index (χ3n) is 5.41. The summed E-state index contributed by atoms with van der Waals surface area (Å²) in [7, 11) is 1.87. The van der Waals surface area contributed by atoms with Crippen molar-refractivity contribution >= 4 is 23.3 Å². The predicted octanol–water partition coefficient (Wildman–Crippen LogP) is 4.29. The Morgan fingerprint density at radius 3 is 2.70 bits per heavy atom. The molecule has 2 aromatic heterocycles. The van der Waals surface area contributed by atoms with Gasteiger partial charge < -0.3 is 15.4 Å². The lowest BCUT2D eigenvalue weighted by Crippen LogP contribution is -2.29. The number of aryl methyl sites for hydroxylation is 1. The minimum atomic E-state index is -0.267. The zero-order valence-electron chi connectivity index (χ0n) is 17.8. The summed E-state index contributed by atoms with van der Waals surface area (Å²) in [6.45, 7) is 0.672. The molecular formula is C24H21ClN6O2. The average molecular weight is 461 g/mol. The van der Waals surface area contributed by atoms with Gasteiger partial charge >= 0.3 is 0 Å². The molecule has 33 heavy (non-hydrogen) atoms. The number of ether oxygens (including phenoxy) is 1. The quantitative estimate of drug-likeness (QED) is 0.446. The van der Waals surface area contributed by atoms with E-state index in [-0.39, 0.29) is 11.9 Å². The van der Waals surface area contributed by atoms with Gasteiger partial charge in [-0.1, -0.05) is 11.6 Å². The van der Waals surface area contributed by atoms with Crippen LogP contribution >= 0.6 is 11.6 Å². The monoisotopic (exact) mass is 460 g/mol. The summed E-state index contributed by atoms with van der Waals surface area (Å²) in [6, 6.07) is 16.4. The molecule has 3 heterocycles. The van der Waals surface area contributed by atoms with Crippen LogP contribution in [0.5, 0.6) is 11.5 Å². The number of hydrogen-bond donors (Lipinski definition) is 2. The molecule has 2 N–H and O–H groups in total. The van der Waals surface area contributed by atoms with Crippen molar-refractivity contribution in [2.75, 3.05) is 11.9 Å². The smallest absolute Gasteiger partial charge is 0.242 e. The fourth-order valence-corrected chi connectivity index (χ4v) is 3.89. The fraction of sp³-hybridized carbons (Fsp3) is 0.167. The van der Waals surface area contributed by atoms with Crippen molar-refractivity contribution in [2.45, 2.75) is 12.5 Å². The van der Waals surface area contributed by atoms with Crippen LogP contribution in [0.2, 0.25) is 5.02 Å². The molecule has 9 heteroatoms. The van der Waals surface area contributed by atoms with Crippen molar-refractivity contribution in [1.29, 1.82) is 0 Å². The van der Waals surface area contributed by atoms with Crippen molar-refractivity contribution < 1.29 is 9.53 Å². The van der Waals surface area contributed by atoms with E-state index in [9.17, 15) is 4.79 Å². The van der Waals surface area contributed by atoms with Gasteiger partial charge in [-0.05, 0) is 61.0 Å². The first-order chi connectivity index (χ1) is 16.1. The third-order valence-corrected chi connectivity index (χ3v) is 5.64. The van der Waals surface area contributed by atoms with Gasteiger partial charge in [0.25, 0.3) is 0 Å². The zero-order chi connectivity index (χ0) is 22.8. The number of halogens is 1. The van der Waals surface area contributed by atoms with Crippen LogP contribution in [0.15, 0.2) is 67.0 Å². The Hall–Kier alpha value is -3.91. The first kappa shape index (κ1) is 21.0. The number of carbonyl (C=O) groups is 1. The summed E-state index contributed by atoms with van der Waals surface area (Å²) in [5.74, 6) is 2.51. The van der Waals surface area contributed by atoms with E-state index in [0.717, 1.165) is 23.2 Å². The highest BCUT2D eigenvalue weighted by molar-refractivity contribution is 6.31. The number of hydrogen-bond acceptors (Lipinski definition) is 6. The molecule has 0 saturated carbocycles. The largest absolute Gasteiger partial charge is 0.457 e. The van der Waals surface area contributed by atoms with Crippen LogP contribution in [0, 0.1) is 0 Å². The molecule has 1 amide bonds. The number of rotatable bonds is 6. The van der Waals surface area contributed by atoms with Crippen LogP contribution in [0.3, 0.4) is 0 Å². The van der Waals surface area contributed by atoms with Crippen LogP contribution in [0.1, 0.15) is 6.42 Å². The van der Waals surface area contributed by atoms with Crippen molar-refractivity contribution in [3.63, 3.8) is 0 Å². The Morgan fingerprint density at radius 2 is 1.97 bits per heavy atom. The molecule has 0 radical (unpaired) electrons. The van der Waals surface area contributed by atoms with Crippen molar-refractivity contribution in [3.05, 3.63) is 72.0 Å². The molecule has 166 valence electrons. The van der Waals surface area contributed by atoms with E-state index in [2.05, 4.69) is 25.7 Å². The summed E-state index contributed by atoms with van der Waals surface area (Å²) in [5.41, 5.74) is 2.59. The lowest BCUT2D eigenvalue weighted by Gasteiger charge is -2.13. The molecular weight excluding hydrogens is 440 g/mol. The SMILES string of the molecule is Cn1nccc1-c1cc(Cl)ccc1Oc1ccc(-c2nccc(N[C@H]3CCNC3=O)n2)cc1. The molecule has 0 spiro atoms. The van der Waals surface area contributed by atoms with Gasteiger partial charge in [-0.3, -0.25) is 9.48 Å². The van der Waals surface area contributed by atoms with Crippen LogP contribution < -0.4 is 15.4 Å². The van der Waals surface area contributed by atoms with Crippen LogP contribution in [-0.2, 0) is 11.8 Å². The molecule has 5 rings (SSSR count). The minimum absolute atomic E-state index is 0.00986. The normalized spacial score (nSPS) is 15.3. The number of amides is 1. The summed E-state index contributed by atoms with van der Waals surface area (Å²) in [5, 5.41) is 10.8. The van der Waals surface area contributed by atoms with Gasteiger partial charge in [0.2, 0.25) is 5.91 Å². The molecule has 0 bridgehead atoms. The molecule has 0 unspecified atom stereocenters. The summed E-state index contributed by atoms with van der Waals surface area (Å²) >= 11 is 6.23. The van der Waals surface area contributed by atoms with Crippen molar-refractivity contribution in [3.8, 4) is 34.1 Å². The van der Waals surface area contributed by atoms with Gasteiger partial charge in [-0.2, -0.15) is 5.10 Å². The second kappa shape index (κ2) is 8.91. The standard InChI is InChI=1S/C24H21ClN6O2/c1-31-20(9-13-28-31)18-14-16(25)4-7-21(18)33-17-5-2-15(3-6-17)23-26-12-10-22(30-23)29-19-8-11-27-24(19)32/h2-7,9-10,12-14,19H,8,11H2,1H3,(H,27,32)(H,26,29,30)/t19-/m0/s1. The topological polar surface area (TPSA) is 94.0 Å². The first-order valence-electron chi connectivity index (χ1n) is 10.5. The number of carbonyl (C=O) groups excluding carboxylic acids is 1. The molecule has 0 aliphatic carbocycles. The molecule has 2 aromatic carbocycles. The van der Waals surface area contributed by atoms with Gasteiger partial charge in [-0.15, -0.1) is 0 Å². The summed E-state index contributed by atoms with van der Waals surface area (Å²) < 4.78 is 7.93. The van der Waals surface area contributed by atoms with Gasteiger partial charge in [0, 0.05) is 42.1 Å². The van der Waals surface area contributed by atoms with Crippen LogP contribution in [0.25, 0.3) is 22.6 Å². The van der Waals surface area contributed by atoms with Crippen LogP contribution in [0.4, 0.5) is 5.82 Å². The van der Waals surface area contributed by atoms with E-state index in [0.29, 0.717) is 34.7 Å². The highest BCUT2D eigenvalue weighted by Gasteiger charge is 2.24. The first-order valence-corrected chi connectivity index (χ1v) is 10.9. The average Bonchev–Trinajstić information content (AvgIpc) is 3.43. The molecule has 1 aliphatic rings. The number of nitrogens with one attached hydrogen (secondary N) is 2. The molecule has 1 atom stereocenters. The van der Waals surface area contributed by atoms with E-state index in [1.54, 1.807) is 29.2 Å². The molecule has 8 nitrogen and oxygen atoms in total. The fourth-order valence-electron chi connectivity index (χ4n) is 3.72. The zero-order valence-corrected chi connectivity index (χ0v) is 18.6. The molecule has 1 saturated heterocycles. The second-order valence-electron chi connectivity index (χ2n) is 7.65. The Balaban J connectivity index is 1.36. The molecule has 1 aliphatic heterocycles. The Kier molecular flexibility index (Phi) is 5.66. The Bertz CT molecular complexity index is 1300.